The zero-order valence-corrected chi connectivity index (χ0v) is 14.5. The van der Waals surface area contributed by atoms with Crippen LogP contribution in [0.25, 0.3) is 11.0 Å². The maximum Gasteiger partial charge on any atom is 0.249 e. The summed E-state index contributed by atoms with van der Waals surface area (Å²) in [6.45, 7) is 2.37. The van der Waals surface area contributed by atoms with E-state index in [0.717, 1.165) is 29.7 Å². The number of carbonyl (C=O) groups is 1. The van der Waals surface area contributed by atoms with Crippen LogP contribution < -0.4 is 11.1 Å². The zero-order chi connectivity index (χ0) is 14.8. The summed E-state index contributed by atoms with van der Waals surface area (Å²) < 4.78 is 5.60. The first-order chi connectivity index (χ1) is 10.2. The highest BCUT2D eigenvalue weighted by Gasteiger charge is 2.30. The van der Waals surface area contributed by atoms with Gasteiger partial charge in [0, 0.05) is 6.54 Å². The highest BCUT2D eigenvalue weighted by molar-refractivity contribution is 5.85. The van der Waals surface area contributed by atoms with Gasteiger partial charge in [0.25, 0.3) is 0 Å². The van der Waals surface area contributed by atoms with Crippen LogP contribution in [0, 0.1) is 0 Å². The average molecular weight is 361 g/mol. The van der Waals surface area contributed by atoms with Gasteiger partial charge in [-0.15, -0.1) is 24.8 Å². The van der Waals surface area contributed by atoms with E-state index in [1.807, 2.05) is 31.2 Å². The monoisotopic (exact) mass is 360 g/mol. The molecule has 1 amide bonds. The fourth-order valence-corrected chi connectivity index (χ4v) is 2.62. The van der Waals surface area contributed by atoms with Gasteiger partial charge in [0.05, 0.1) is 23.2 Å². The molecule has 2 heterocycles. The van der Waals surface area contributed by atoms with Crippen molar-refractivity contribution in [2.24, 2.45) is 5.73 Å². The fraction of sp³-hybridized carbons (Fsp3) is 0.467. The van der Waals surface area contributed by atoms with Gasteiger partial charge in [0.15, 0.2) is 0 Å². The van der Waals surface area contributed by atoms with Crippen LogP contribution in [0.4, 0.5) is 0 Å². The number of ether oxygens (including phenoxy) is 1. The number of nitrogens with two attached hydrogens (primary N) is 1. The second kappa shape index (κ2) is 8.49. The van der Waals surface area contributed by atoms with Gasteiger partial charge in [-0.1, -0.05) is 12.1 Å². The number of imidazole rings is 1. The van der Waals surface area contributed by atoms with Crippen molar-refractivity contribution in [2.75, 3.05) is 6.54 Å². The summed E-state index contributed by atoms with van der Waals surface area (Å²) in [6.07, 6.45) is 1.17. The number of fused-ring (bicyclic) bond motifs is 1. The molecule has 0 bridgehead atoms. The standard InChI is InChI=1S/C15H20N4O2.2ClH/c1-9(14-18-11-4-2-3-5-12(11)19-14)17-15(20)13-7-6-10(8-16)21-13;;/h2-5,9-10,13H,6-8,16H2,1H3,(H,17,20)(H,18,19);2*1H/t9?,10-,13+;;/m1../s1. The molecule has 1 aromatic carbocycles. The summed E-state index contributed by atoms with van der Waals surface area (Å²) in [5, 5.41) is 2.95. The second-order valence-electron chi connectivity index (χ2n) is 5.43. The van der Waals surface area contributed by atoms with Gasteiger partial charge >= 0.3 is 0 Å². The minimum atomic E-state index is -0.398. The number of para-hydroxylation sites is 2. The molecule has 23 heavy (non-hydrogen) atoms. The van der Waals surface area contributed by atoms with E-state index < -0.39 is 6.10 Å². The van der Waals surface area contributed by atoms with Crippen LogP contribution in [0.2, 0.25) is 0 Å². The van der Waals surface area contributed by atoms with E-state index in [4.69, 9.17) is 10.5 Å². The summed E-state index contributed by atoms with van der Waals surface area (Å²) >= 11 is 0. The number of nitrogens with one attached hydrogen (secondary N) is 2. The van der Waals surface area contributed by atoms with Crippen molar-refractivity contribution in [3.05, 3.63) is 30.1 Å². The molecule has 8 heteroatoms. The van der Waals surface area contributed by atoms with Crippen molar-refractivity contribution in [2.45, 2.75) is 38.0 Å². The number of amides is 1. The predicted octanol–water partition coefficient (Wildman–Crippen LogP) is 2.09. The lowest BCUT2D eigenvalue weighted by Gasteiger charge is -2.16. The summed E-state index contributed by atoms with van der Waals surface area (Å²) in [4.78, 5) is 19.9. The number of rotatable bonds is 4. The molecule has 1 saturated heterocycles. The van der Waals surface area contributed by atoms with E-state index in [1.54, 1.807) is 0 Å². The van der Waals surface area contributed by atoms with Gasteiger partial charge < -0.3 is 20.8 Å². The first kappa shape index (κ1) is 19.7. The van der Waals surface area contributed by atoms with Gasteiger partial charge in [-0.25, -0.2) is 4.98 Å². The van der Waals surface area contributed by atoms with Gasteiger partial charge in [-0.05, 0) is 31.9 Å². The molecule has 1 fully saturated rings. The first-order valence-electron chi connectivity index (χ1n) is 7.28. The Labute approximate surface area is 147 Å². The lowest BCUT2D eigenvalue weighted by atomic mass is 10.2. The third kappa shape index (κ3) is 4.35. The van der Waals surface area contributed by atoms with E-state index in [-0.39, 0.29) is 42.9 Å². The Balaban J connectivity index is 0.00000132. The van der Waals surface area contributed by atoms with E-state index in [1.165, 1.54) is 0 Å². The quantitative estimate of drug-likeness (QED) is 0.778. The van der Waals surface area contributed by atoms with Crippen LogP contribution in [0.3, 0.4) is 0 Å². The Hall–Kier alpha value is -1.34. The molecular formula is C15H22Cl2N4O2. The molecule has 4 N–H and O–H groups in total. The molecule has 128 valence electrons. The maximum atomic E-state index is 12.2. The van der Waals surface area contributed by atoms with Crippen LogP contribution in [0.5, 0.6) is 0 Å². The molecule has 1 unspecified atom stereocenters. The molecule has 0 radical (unpaired) electrons. The lowest BCUT2D eigenvalue weighted by Crippen LogP contribution is -2.37. The highest BCUT2D eigenvalue weighted by Crippen LogP contribution is 2.20. The number of H-pyrrole nitrogens is 1. The number of hydrogen-bond acceptors (Lipinski definition) is 4. The Morgan fingerprint density at radius 2 is 2.17 bits per heavy atom. The molecule has 3 rings (SSSR count). The van der Waals surface area contributed by atoms with Gasteiger partial charge in [-0.2, -0.15) is 0 Å². The number of aromatic nitrogens is 2. The summed E-state index contributed by atoms with van der Waals surface area (Å²) in [5.74, 6) is 0.650. The smallest absolute Gasteiger partial charge is 0.249 e. The third-order valence-electron chi connectivity index (χ3n) is 3.84. The normalized spacial score (nSPS) is 21.3. The molecule has 6 nitrogen and oxygen atoms in total. The molecule has 0 aliphatic carbocycles. The average Bonchev–Trinajstić information content (AvgIpc) is 3.13. The van der Waals surface area contributed by atoms with Crippen molar-refractivity contribution in [1.29, 1.82) is 0 Å². The van der Waals surface area contributed by atoms with Crippen molar-refractivity contribution < 1.29 is 9.53 Å². The number of halogens is 2. The zero-order valence-electron chi connectivity index (χ0n) is 12.8. The Kier molecular flexibility index (Phi) is 7.28. The Morgan fingerprint density at radius 3 is 2.83 bits per heavy atom. The number of carbonyl (C=O) groups excluding carboxylic acids is 1. The van der Waals surface area contributed by atoms with Crippen LogP contribution in [-0.2, 0) is 9.53 Å². The van der Waals surface area contributed by atoms with Crippen molar-refractivity contribution in [3.63, 3.8) is 0 Å². The van der Waals surface area contributed by atoms with Crippen LogP contribution in [-0.4, -0.2) is 34.6 Å². The first-order valence-corrected chi connectivity index (χ1v) is 7.28. The van der Waals surface area contributed by atoms with Crippen LogP contribution >= 0.6 is 24.8 Å². The summed E-state index contributed by atoms with van der Waals surface area (Å²) in [5.41, 5.74) is 7.42. The largest absolute Gasteiger partial charge is 0.364 e. The maximum absolute atomic E-state index is 12.2. The van der Waals surface area contributed by atoms with Crippen molar-refractivity contribution >= 4 is 41.8 Å². The van der Waals surface area contributed by atoms with E-state index in [2.05, 4.69) is 15.3 Å². The summed E-state index contributed by atoms with van der Waals surface area (Å²) in [6, 6.07) is 7.61. The molecule has 0 spiro atoms. The minimum absolute atomic E-state index is 0. The molecule has 1 aromatic heterocycles. The van der Waals surface area contributed by atoms with Crippen LogP contribution in [0.15, 0.2) is 24.3 Å². The number of benzene rings is 1. The molecular weight excluding hydrogens is 339 g/mol. The molecule has 0 saturated carbocycles. The third-order valence-corrected chi connectivity index (χ3v) is 3.84. The molecule has 3 atom stereocenters. The molecule has 1 aliphatic rings. The van der Waals surface area contributed by atoms with Gasteiger partial charge in [0.1, 0.15) is 11.9 Å². The van der Waals surface area contributed by atoms with E-state index in [0.29, 0.717) is 6.54 Å². The van der Waals surface area contributed by atoms with Gasteiger partial charge in [0.2, 0.25) is 5.91 Å². The van der Waals surface area contributed by atoms with Crippen molar-refractivity contribution in [3.8, 4) is 0 Å². The summed E-state index contributed by atoms with van der Waals surface area (Å²) in [7, 11) is 0. The van der Waals surface area contributed by atoms with E-state index in [9.17, 15) is 4.79 Å². The number of hydrogen-bond donors (Lipinski definition) is 3. The topological polar surface area (TPSA) is 93.0 Å². The fourth-order valence-electron chi connectivity index (χ4n) is 2.62. The highest BCUT2D eigenvalue weighted by atomic mass is 35.5. The SMILES string of the molecule is CC(NC(=O)[C@@H]1CC[C@H](CN)O1)c1nc2ccccc2[nH]1.Cl.Cl. The molecule has 2 aromatic rings. The van der Waals surface area contributed by atoms with E-state index >= 15 is 0 Å². The van der Waals surface area contributed by atoms with Gasteiger partial charge in [-0.3, -0.25) is 4.79 Å². The number of nitrogens with zero attached hydrogens (tertiary/aromatic N) is 1. The predicted molar refractivity (Wildman–Crippen MR) is 94.1 cm³/mol. The Bertz CT molecular complexity index is 616. The Morgan fingerprint density at radius 1 is 1.43 bits per heavy atom. The van der Waals surface area contributed by atoms with Crippen molar-refractivity contribution in [1.82, 2.24) is 15.3 Å². The lowest BCUT2D eigenvalue weighted by molar-refractivity contribution is -0.132. The second-order valence-corrected chi connectivity index (χ2v) is 5.43. The number of aromatic amines is 1. The van der Waals surface area contributed by atoms with Crippen LogP contribution in [0.1, 0.15) is 31.6 Å². The minimum Gasteiger partial charge on any atom is -0.364 e. The molecule has 1 aliphatic heterocycles.